The number of amides is 1. The van der Waals surface area contributed by atoms with Gasteiger partial charge in [-0.05, 0) is 42.5 Å². The molecule has 0 bridgehead atoms. The number of halogens is 3. The Morgan fingerprint density at radius 3 is 2.52 bits per heavy atom. The Kier molecular flexibility index (Phi) is 5.03. The lowest BCUT2D eigenvalue weighted by molar-refractivity contribution is -0.113. The fourth-order valence-electron chi connectivity index (χ4n) is 2.37. The van der Waals surface area contributed by atoms with Gasteiger partial charge in [0.1, 0.15) is 11.5 Å². The maximum atomic E-state index is 12.6. The average Bonchev–Trinajstić information content (AvgIpc) is 2.63. The van der Waals surface area contributed by atoms with Crippen LogP contribution in [-0.2, 0) is 4.79 Å². The minimum Gasteiger partial charge on any atom is -0.505 e. The molecule has 0 spiro atoms. The maximum Gasteiger partial charge on any atom is 0.412 e. The van der Waals surface area contributed by atoms with Gasteiger partial charge in [0.05, 0.1) is 0 Å². The zero-order chi connectivity index (χ0) is 19.4. The molecule has 0 aromatic heterocycles. The molecule has 0 radical (unpaired) electrons. The van der Waals surface area contributed by atoms with Crippen LogP contribution < -0.4 is 10.1 Å². The van der Waals surface area contributed by atoms with Crippen molar-refractivity contribution in [2.75, 3.05) is 5.32 Å². The number of aliphatic hydroxyl groups excluding tert-OH is 1. The fourth-order valence-corrected chi connectivity index (χ4v) is 2.37. The number of anilines is 1. The Labute approximate surface area is 152 Å². The summed E-state index contributed by atoms with van der Waals surface area (Å²) >= 11 is 0. The first-order chi connectivity index (χ1) is 12.8. The molecule has 1 amide bonds. The third kappa shape index (κ3) is 4.58. The lowest BCUT2D eigenvalue weighted by Gasteiger charge is -2.17. The summed E-state index contributed by atoms with van der Waals surface area (Å²) in [6.07, 6.45) is -0.808. The molecule has 0 saturated carbocycles. The molecular weight excluding hydrogens is 361 g/mol. The Balaban J connectivity index is 1.62. The van der Waals surface area contributed by atoms with Crippen molar-refractivity contribution in [3.63, 3.8) is 0 Å². The molecule has 3 rings (SSSR count). The fraction of sp³-hybridized carbons (Fsp3) is 0.158. The summed E-state index contributed by atoms with van der Waals surface area (Å²) in [7, 11) is 0. The summed E-state index contributed by atoms with van der Waals surface area (Å²) in [4.78, 5) is 15.7. The summed E-state index contributed by atoms with van der Waals surface area (Å²) < 4.78 is 43.3. The van der Waals surface area contributed by atoms with Gasteiger partial charge in [0.15, 0.2) is 11.5 Å². The predicted octanol–water partition coefficient (Wildman–Crippen LogP) is 4.33. The van der Waals surface area contributed by atoms with E-state index in [1.165, 1.54) is 12.2 Å². The number of carbonyl (C=O) groups excluding carboxylic acids is 1. The second-order valence-electron chi connectivity index (χ2n) is 5.65. The van der Waals surface area contributed by atoms with Gasteiger partial charge in [-0.1, -0.05) is 6.08 Å². The molecule has 1 aromatic rings. The first kappa shape index (κ1) is 18.3. The van der Waals surface area contributed by atoms with Crippen LogP contribution in [0, 0.1) is 0 Å². The molecule has 0 atom stereocenters. The normalized spacial score (nSPS) is 16.1. The van der Waals surface area contributed by atoms with Gasteiger partial charge in [-0.2, -0.15) is 18.2 Å². The zero-order valence-electron chi connectivity index (χ0n) is 13.8. The van der Waals surface area contributed by atoms with E-state index < -0.39 is 17.7 Å². The number of benzene rings is 1. The molecule has 5 nitrogen and oxygen atoms in total. The molecule has 0 saturated heterocycles. The van der Waals surface area contributed by atoms with Gasteiger partial charge in [0.25, 0.3) is 5.91 Å². The number of allylic oxidation sites excluding steroid dienone is 5. The molecule has 0 fully saturated rings. The molecular formula is C19H13F3N2O3. The van der Waals surface area contributed by atoms with Crippen LogP contribution >= 0.6 is 0 Å². The van der Waals surface area contributed by atoms with Crippen LogP contribution in [0.4, 0.5) is 18.9 Å². The van der Waals surface area contributed by atoms with E-state index in [0.717, 1.165) is 6.08 Å². The van der Waals surface area contributed by atoms with Gasteiger partial charge < -0.3 is 15.2 Å². The largest absolute Gasteiger partial charge is 0.505 e. The Morgan fingerprint density at radius 2 is 1.93 bits per heavy atom. The van der Waals surface area contributed by atoms with Crippen molar-refractivity contribution < 1.29 is 27.8 Å². The van der Waals surface area contributed by atoms with Gasteiger partial charge in [0, 0.05) is 29.6 Å². The van der Waals surface area contributed by atoms with Crippen molar-refractivity contribution in [2.24, 2.45) is 4.99 Å². The number of carbonyl (C=O) groups is 1. The Hall–Kier alpha value is -3.47. The highest BCUT2D eigenvalue weighted by atomic mass is 19.4. The van der Waals surface area contributed by atoms with Gasteiger partial charge >= 0.3 is 6.18 Å². The number of hydrogen-bond donors (Lipinski definition) is 2. The third-order valence-electron chi connectivity index (χ3n) is 3.74. The van der Waals surface area contributed by atoms with E-state index in [1.807, 2.05) is 0 Å². The number of ether oxygens (including phenoxy) is 1. The number of nitrogens with zero attached hydrogens (tertiary/aromatic N) is 1. The summed E-state index contributed by atoms with van der Waals surface area (Å²) in [5.41, 5.74) is 2.08. The Bertz CT molecular complexity index is 957. The highest BCUT2D eigenvalue weighted by Gasteiger charge is 2.33. The van der Waals surface area contributed by atoms with Crippen molar-refractivity contribution in [1.82, 2.24) is 0 Å². The predicted molar refractivity (Wildman–Crippen MR) is 92.3 cm³/mol. The first-order valence-corrected chi connectivity index (χ1v) is 7.87. The Morgan fingerprint density at radius 1 is 1.19 bits per heavy atom. The van der Waals surface area contributed by atoms with E-state index >= 15 is 0 Å². The summed E-state index contributed by atoms with van der Waals surface area (Å²) in [5, 5.41) is 12.1. The minimum absolute atomic E-state index is 0.133. The molecule has 0 unspecified atom stereocenters. The highest BCUT2D eigenvalue weighted by molar-refractivity contribution is 6.05. The van der Waals surface area contributed by atoms with E-state index in [1.54, 1.807) is 24.3 Å². The van der Waals surface area contributed by atoms with E-state index in [4.69, 9.17) is 4.74 Å². The summed E-state index contributed by atoms with van der Waals surface area (Å²) in [6.45, 7) is 0. The van der Waals surface area contributed by atoms with Crippen LogP contribution in [0.3, 0.4) is 0 Å². The van der Waals surface area contributed by atoms with E-state index in [2.05, 4.69) is 21.9 Å². The third-order valence-corrected chi connectivity index (χ3v) is 3.74. The summed E-state index contributed by atoms with van der Waals surface area (Å²) in [5.74, 6) is 2.25. The van der Waals surface area contributed by atoms with Crippen molar-refractivity contribution >= 4 is 17.5 Å². The lowest BCUT2D eigenvalue weighted by Crippen LogP contribution is -2.15. The van der Waals surface area contributed by atoms with Crippen molar-refractivity contribution in [3.05, 3.63) is 71.0 Å². The van der Waals surface area contributed by atoms with Crippen LogP contribution in [0.2, 0.25) is 0 Å². The molecule has 2 aliphatic rings. The number of rotatable bonds is 4. The van der Waals surface area contributed by atoms with Crippen LogP contribution in [-0.4, -0.2) is 23.1 Å². The smallest absolute Gasteiger partial charge is 0.412 e. The average molecular weight is 374 g/mol. The topological polar surface area (TPSA) is 70.9 Å². The molecule has 1 aliphatic carbocycles. The van der Waals surface area contributed by atoms with Gasteiger partial charge in [-0.25, -0.2) is 0 Å². The number of nitrogens with one attached hydrogen (secondary N) is 1. The van der Waals surface area contributed by atoms with Crippen LogP contribution in [0.5, 0.6) is 5.75 Å². The van der Waals surface area contributed by atoms with Gasteiger partial charge in [-0.3, -0.25) is 4.79 Å². The highest BCUT2D eigenvalue weighted by Crippen LogP contribution is 2.33. The molecule has 1 aliphatic heterocycles. The van der Waals surface area contributed by atoms with E-state index in [9.17, 15) is 23.1 Å². The molecule has 138 valence electrons. The number of alkyl halides is 3. The quantitative estimate of drug-likeness (QED) is 0.771. The SMILES string of the molecule is O=C(Nc1ccc(OC2=CC=C(C(F)(F)F)CC2)cc1)C1=C(O)C=C=C=N1. The van der Waals surface area contributed by atoms with Crippen LogP contribution in [0.1, 0.15) is 12.8 Å². The summed E-state index contributed by atoms with van der Waals surface area (Å²) in [6, 6.07) is 6.25. The number of aliphatic hydroxyl groups is 1. The second-order valence-corrected chi connectivity index (χ2v) is 5.65. The van der Waals surface area contributed by atoms with Crippen molar-refractivity contribution in [3.8, 4) is 5.75 Å². The van der Waals surface area contributed by atoms with Gasteiger partial charge in [0.2, 0.25) is 0 Å². The number of hydrogen-bond acceptors (Lipinski definition) is 4. The van der Waals surface area contributed by atoms with E-state index in [0.29, 0.717) is 17.2 Å². The van der Waals surface area contributed by atoms with Crippen LogP contribution in [0.25, 0.3) is 0 Å². The maximum absolute atomic E-state index is 12.6. The van der Waals surface area contributed by atoms with E-state index in [-0.39, 0.29) is 24.3 Å². The van der Waals surface area contributed by atoms with Crippen LogP contribution in [0.15, 0.2) is 76.0 Å². The standard InChI is InChI=1S/C19H13F3N2O3/c20-19(21,22)12-3-7-14(8-4-12)27-15-9-5-13(6-10-15)24-18(26)17-16(25)2-1-11-23-17/h2-3,5-7,9-10,25H,4,8H2,(H,24,26). The number of aliphatic imine (C=N–C) groups is 1. The molecule has 1 aromatic carbocycles. The monoisotopic (exact) mass is 374 g/mol. The van der Waals surface area contributed by atoms with Crippen molar-refractivity contribution in [2.45, 2.75) is 19.0 Å². The molecule has 2 N–H and O–H groups in total. The molecule has 1 heterocycles. The molecule has 27 heavy (non-hydrogen) atoms. The minimum atomic E-state index is -4.32. The second kappa shape index (κ2) is 7.41. The zero-order valence-corrected chi connectivity index (χ0v) is 13.8. The molecule has 8 heteroatoms. The first-order valence-electron chi connectivity index (χ1n) is 7.87. The lowest BCUT2D eigenvalue weighted by atomic mass is 10.0. The van der Waals surface area contributed by atoms with Crippen molar-refractivity contribution in [1.29, 1.82) is 0 Å². The van der Waals surface area contributed by atoms with Gasteiger partial charge in [-0.15, -0.1) is 0 Å².